The average molecular weight is 253 g/mol. The maximum Gasteiger partial charge on any atom is 0.130 e. The zero-order valence-electron chi connectivity index (χ0n) is 11.8. The first kappa shape index (κ1) is 15.0. The maximum absolute atomic E-state index is 13.8. The van der Waals surface area contributed by atoms with Crippen LogP contribution in [0.15, 0.2) is 18.2 Å². The fourth-order valence-corrected chi connectivity index (χ4v) is 1.92. The quantitative estimate of drug-likeness (QED) is 0.804. The molecule has 1 rings (SSSR count). The molecule has 0 aromatic heterocycles. The van der Waals surface area contributed by atoms with Gasteiger partial charge in [-0.15, -0.1) is 0 Å². The highest BCUT2D eigenvalue weighted by Gasteiger charge is 2.17. The Morgan fingerprint density at radius 1 is 1.28 bits per heavy atom. The second kappa shape index (κ2) is 6.74. The van der Waals surface area contributed by atoms with Crippen molar-refractivity contribution >= 4 is 0 Å². The molecule has 102 valence electrons. The summed E-state index contributed by atoms with van der Waals surface area (Å²) in [5, 5.41) is 3.16. The van der Waals surface area contributed by atoms with E-state index in [1.54, 1.807) is 7.11 Å². The van der Waals surface area contributed by atoms with Crippen LogP contribution >= 0.6 is 0 Å². The first-order valence-electron chi connectivity index (χ1n) is 6.45. The van der Waals surface area contributed by atoms with Gasteiger partial charge in [-0.1, -0.05) is 19.9 Å². The number of methoxy groups -OCH3 is 1. The summed E-state index contributed by atoms with van der Waals surface area (Å²) in [6, 6.07) is 5.09. The molecule has 0 aliphatic heterocycles. The van der Waals surface area contributed by atoms with Gasteiger partial charge in [0.05, 0.1) is 7.11 Å². The van der Waals surface area contributed by atoms with Crippen LogP contribution in [-0.4, -0.2) is 20.7 Å². The van der Waals surface area contributed by atoms with E-state index in [-0.39, 0.29) is 11.2 Å². The normalized spacial score (nSPS) is 11.6. The van der Waals surface area contributed by atoms with Gasteiger partial charge in [-0.2, -0.15) is 0 Å². The van der Waals surface area contributed by atoms with Crippen molar-refractivity contribution in [1.82, 2.24) is 5.32 Å². The number of halogens is 1. The topological polar surface area (TPSA) is 21.3 Å². The first-order valence-corrected chi connectivity index (χ1v) is 6.45. The third kappa shape index (κ3) is 4.65. The van der Waals surface area contributed by atoms with Crippen LogP contribution in [0.4, 0.5) is 4.39 Å². The third-order valence-electron chi connectivity index (χ3n) is 3.38. The number of ether oxygens (including phenoxy) is 1. The molecule has 0 aliphatic carbocycles. The van der Waals surface area contributed by atoms with E-state index in [1.165, 1.54) is 6.07 Å². The van der Waals surface area contributed by atoms with Gasteiger partial charge < -0.3 is 10.1 Å². The standard InChI is InChI=1S/C15H24FNO/c1-15(2,9-10-17-3)8-7-12-5-6-13(18-4)11-14(12)16/h5-6,11,17H,7-10H2,1-4H3. The van der Waals surface area contributed by atoms with E-state index in [0.29, 0.717) is 5.75 Å². The fraction of sp³-hybridized carbons (Fsp3) is 0.600. The smallest absolute Gasteiger partial charge is 0.130 e. The van der Waals surface area contributed by atoms with E-state index in [1.807, 2.05) is 19.2 Å². The number of aryl methyl sites for hydroxylation is 1. The summed E-state index contributed by atoms with van der Waals surface area (Å²) in [5.41, 5.74) is 1.00. The molecule has 0 spiro atoms. The minimum atomic E-state index is -0.168. The molecule has 0 unspecified atom stereocenters. The molecule has 18 heavy (non-hydrogen) atoms. The van der Waals surface area contributed by atoms with Crippen LogP contribution < -0.4 is 10.1 Å². The Morgan fingerprint density at radius 2 is 2.00 bits per heavy atom. The summed E-state index contributed by atoms with van der Waals surface area (Å²) in [6.07, 6.45) is 2.85. The molecule has 0 amide bonds. The van der Waals surface area contributed by atoms with Crippen LogP contribution in [0.5, 0.6) is 5.75 Å². The first-order chi connectivity index (χ1) is 8.48. The monoisotopic (exact) mass is 253 g/mol. The second-order valence-corrected chi connectivity index (χ2v) is 5.48. The largest absolute Gasteiger partial charge is 0.497 e. The van der Waals surface area contributed by atoms with E-state index >= 15 is 0 Å². The molecule has 0 heterocycles. The predicted octanol–water partition coefficient (Wildman–Crippen LogP) is 3.40. The fourth-order valence-electron chi connectivity index (χ4n) is 1.92. The van der Waals surface area contributed by atoms with Crippen LogP contribution in [-0.2, 0) is 6.42 Å². The molecule has 0 saturated carbocycles. The summed E-state index contributed by atoms with van der Waals surface area (Å²) in [6.45, 7) is 5.45. The van der Waals surface area contributed by atoms with Crippen molar-refractivity contribution in [2.45, 2.75) is 33.1 Å². The SMILES string of the molecule is CNCCC(C)(C)CCc1ccc(OC)cc1F. The Hall–Kier alpha value is -1.09. The Labute approximate surface area is 110 Å². The number of nitrogens with one attached hydrogen (secondary N) is 1. The van der Waals surface area contributed by atoms with E-state index in [9.17, 15) is 4.39 Å². The van der Waals surface area contributed by atoms with Crippen LogP contribution in [0.3, 0.4) is 0 Å². The number of rotatable bonds is 7. The van der Waals surface area contributed by atoms with E-state index < -0.39 is 0 Å². The molecular formula is C15H24FNO. The molecule has 1 aromatic rings. The highest BCUT2D eigenvalue weighted by atomic mass is 19.1. The second-order valence-electron chi connectivity index (χ2n) is 5.48. The molecule has 0 aliphatic rings. The van der Waals surface area contributed by atoms with Gasteiger partial charge in [0.25, 0.3) is 0 Å². The lowest BCUT2D eigenvalue weighted by Gasteiger charge is -2.24. The summed E-state index contributed by atoms with van der Waals surface area (Å²) in [4.78, 5) is 0. The van der Waals surface area contributed by atoms with Gasteiger partial charge in [-0.05, 0) is 49.9 Å². The number of hydrogen-bond acceptors (Lipinski definition) is 2. The van der Waals surface area contributed by atoms with Gasteiger partial charge in [-0.25, -0.2) is 4.39 Å². The van der Waals surface area contributed by atoms with Gasteiger partial charge in [0.15, 0.2) is 0 Å². The van der Waals surface area contributed by atoms with Gasteiger partial charge in [0.2, 0.25) is 0 Å². The minimum Gasteiger partial charge on any atom is -0.497 e. The van der Waals surface area contributed by atoms with E-state index in [2.05, 4.69) is 19.2 Å². The molecule has 1 aromatic carbocycles. The molecular weight excluding hydrogens is 229 g/mol. The maximum atomic E-state index is 13.8. The molecule has 0 radical (unpaired) electrons. The van der Waals surface area contributed by atoms with Crippen molar-refractivity contribution in [1.29, 1.82) is 0 Å². The van der Waals surface area contributed by atoms with Crippen molar-refractivity contribution in [3.05, 3.63) is 29.6 Å². The van der Waals surface area contributed by atoms with E-state index in [4.69, 9.17) is 4.74 Å². The minimum absolute atomic E-state index is 0.168. The lowest BCUT2D eigenvalue weighted by Crippen LogP contribution is -2.20. The molecule has 1 N–H and O–H groups in total. The summed E-state index contributed by atoms with van der Waals surface area (Å²) in [7, 11) is 3.51. The summed E-state index contributed by atoms with van der Waals surface area (Å²) in [5.74, 6) is 0.407. The molecule has 0 fully saturated rings. The Bertz CT molecular complexity index is 377. The summed E-state index contributed by atoms with van der Waals surface area (Å²) >= 11 is 0. The molecule has 0 bridgehead atoms. The molecule has 0 atom stereocenters. The van der Waals surface area contributed by atoms with Crippen molar-refractivity contribution in [2.75, 3.05) is 20.7 Å². The van der Waals surface area contributed by atoms with Gasteiger partial charge in [0.1, 0.15) is 11.6 Å². The van der Waals surface area contributed by atoms with E-state index in [0.717, 1.165) is 31.4 Å². The zero-order chi connectivity index (χ0) is 13.6. The van der Waals surface area contributed by atoms with Gasteiger partial charge in [0, 0.05) is 6.07 Å². The average Bonchev–Trinajstić information content (AvgIpc) is 2.35. The lowest BCUT2D eigenvalue weighted by molar-refractivity contribution is 0.304. The Balaban J connectivity index is 2.57. The van der Waals surface area contributed by atoms with Crippen LogP contribution in [0, 0.1) is 11.2 Å². The zero-order valence-corrected chi connectivity index (χ0v) is 11.8. The van der Waals surface area contributed by atoms with Crippen LogP contribution in [0.25, 0.3) is 0 Å². The Morgan fingerprint density at radius 3 is 2.56 bits per heavy atom. The number of benzene rings is 1. The third-order valence-corrected chi connectivity index (χ3v) is 3.38. The van der Waals surface area contributed by atoms with Crippen molar-refractivity contribution in [3.8, 4) is 5.75 Å². The molecule has 3 heteroatoms. The van der Waals surface area contributed by atoms with Crippen LogP contribution in [0.1, 0.15) is 32.3 Å². The van der Waals surface area contributed by atoms with Crippen molar-refractivity contribution in [3.63, 3.8) is 0 Å². The highest BCUT2D eigenvalue weighted by Crippen LogP contribution is 2.27. The highest BCUT2D eigenvalue weighted by molar-refractivity contribution is 5.29. The Kier molecular flexibility index (Phi) is 5.60. The predicted molar refractivity (Wildman–Crippen MR) is 73.6 cm³/mol. The number of hydrogen-bond donors (Lipinski definition) is 1. The summed E-state index contributed by atoms with van der Waals surface area (Å²) < 4.78 is 18.8. The lowest BCUT2D eigenvalue weighted by atomic mass is 9.83. The van der Waals surface area contributed by atoms with Gasteiger partial charge in [-0.3, -0.25) is 0 Å². The van der Waals surface area contributed by atoms with Crippen molar-refractivity contribution < 1.29 is 9.13 Å². The van der Waals surface area contributed by atoms with Crippen LogP contribution in [0.2, 0.25) is 0 Å². The molecule has 0 saturated heterocycles. The van der Waals surface area contributed by atoms with Crippen molar-refractivity contribution in [2.24, 2.45) is 5.41 Å². The van der Waals surface area contributed by atoms with Gasteiger partial charge >= 0.3 is 0 Å². The molecule has 2 nitrogen and oxygen atoms in total.